The number of nitrogens with zero attached hydrogens (tertiary/aromatic N) is 2. The standard InChI is InChI=1S/C27H28F4N4O3/c1-14-9-16(28)10-15(2)23(14)38-21-13-34(5)8-7-17(21)19-12-35(6)25(37)22-18(19)11-20(32-22)24(36)33-26(3,4)27(29,30)31/h7-12,32H,13H2,1-6H3,(H,33,36). The van der Waals surface area contributed by atoms with Crippen molar-refractivity contribution in [2.75, 3.05) is 13.6 Å². The number of ether oxygens (including phenoxy) is 1. The predicted molar refractivity (Wildman–Crippen MR) is 136 cm³/mol. The van der Waals surface area contributed by atoms with Gasteiger partial charge in [0.05, 0.1) is 6.54 Å². The highest BCUT2D eigenvalue weighted by molar-refractivity contribution is 6.02. The fourth-order valence-electron chi connectivity index (χ4n) is 4.26. The monoisotopic (exact) mass is 532 g/mol. The molecule has 0 aliphatic carbocycles. The molecule has 2 aromatic heterocycles. The number of likely N-dealkylation sites (N-methyl/N-ethyl adjacent to an activating group) is 1. The Hall–Kier alpha value is -4.02. The van der Waals surface area contributed by atoms with Gasteiger partial charge in [-0.05, 0) is 69.3 Å². The van der Waals surface area contributed by atoms with Crippen LogP contribution in [-0.2, 0) is 7.05 Å². The molecule has 1 aromatic carbocycles. The first-order valence-corrected chi connectivity index (χ1v) is 11.8. The van der Waals surface area contributed by atoms with E-state index in [0.717, 1.165) is 13.8 Å². The van der Waals surface area contributed by atoms with Gasteiger partial charge >= 0.3 is 6.18 Å². The van der Waals surface area contributed by atoms with Crippen LogP contribution in [0.4, 0.5) is 17.6 Å². The van der Waals surface area contributed by atoms with Gasteiger partial charge in [-0.1, -0.05) is 0 Å². The number of aryl methyl sites for hydroxylation is 3. The number of fused-ring (bicyclic) bond motifs is 1. The zero-order chi connectivity index (χ0) is 28.2. The highest BCUT2D eigenvalue weighted by Crippen LogP contribution is 2.34. The number of aromatic nitrogens is 2. The molecule has 0 atom stereocenters. The summed E-state index contributed by atoms with van der Waals surface area (Å²) in [6.07, 6.45) is 0.503. The summed E-state index contributed by atoms with van der Waals surface area (Å²) < 4.78 is 61.5. The number of benzene rings is 1. The highest BCUT2D eigenvalue weighted by Gasteiger charge is 2.48. The SMILES string of the molecule is Cc1cc(F)cc(C)c1OC1=C(c2cn(C)c(=O)c3[nH]c(C(=O)NC(C)(C)C(F)(F)F)cc23)C=CN(C)C1. The van der Waals surface area contributed by atoms with Crippen molar-refractivity contribution in [1.29, 1.82) is 0 Å². The minimum Gasteiger partial charge on any atom is -0.459 e. The fraction of sp³-hybridized carbons (Fsp3) is 0.333. The summed E-state index contributed by atoms with van der Waals surface area (Å²) in [7, 11) is 3.38. The fourth-order valence-corrected chi connectivity index (χ4v) is 4.26. The van der Waals surface area contributed by atoms with E-state index in [1.54, 1.807) is 26.1 Å². The number of H-pyrrole nitrogens is 1. The highest BCUT2D eigenvalue weighted by atomic mass is 19.4. The van der Waals surface area contributed by atoms with Crippen molar-refractivity contribution in [2.24, 2.45) is 7.05 Å². The lowest BCUT2D eigenvalue weighted by Gasteiger charge is -2.28. The second-order valence-corrected chi connectivity index (χ2v) is 10.0. The average molecular weight is 533 g/mol. The summed E-state index contributed by atoms with van der Waals surface area (Å²) in [5.41, 5.74) is -0.725. The van der Waals surface area contributed by atoms with E-state index in [9.17, 15) is 27.2 Å². The number of allylic oxidation sites excluding steroid dienone is 2. The topological polar surface area (TPSA) is 79.4 Å². The Morgan fingerprint density at radius 2 is 1.74 bits per heavy atom. The number of rotatable bonds is 5. The van der Waals surface area contributed by atoms with Gasteiger partial charge in [-0.3, -0.25) is 9.59 Å². The average Bonchev–Trinajstić information content (AvgIpc) is 3.24. The summed E-state index contributed by atoms with van der Waals surface area (Å²) in [5.74, 6) is -0.377. The van der Waals surface area contributed by atoms with Crippen LogP contribution in [0, 0.1) is 19.7 Å². The molecule has 3 heterocycles. The molecular weight excluding hydrogens is 504 g/mol. The van der Waals surface area contributed by atoms with Crippen molar-refractivity contribution in [3.05, 3.63) is 81.0 Å². The third kappa shape index (κ3) is 4.92. The van der Waals surface area contributed by atoms with E-state index in [2.05, 4.69) is 4.98 Å². The van der Waals surface area contributed by atoms with Crippen molar-refractivity contribution in [3.63, 3.8) is 0 Å². The molecule has 1 amide bonds. The van der Waals surface area contributed by atoms with E-state index in [-0.39, 0.29) is 17.0 Å². The number of nitrogens with one attached hydrogen (secondary N) is 2. The minimum atomic E-state index is -4.68. The van der Waals surface area contributed by atoms with Crippen molar-refractivity contribution in [2.45, 2.75) is 39.4 Å². The number of alkyl halides is 3. The molecule has 0 saturated heterocycles. The molecule has 3 aromatic rings. The predicted octanol–water partition coefficient (Wildman–Crippen LogP) is 4.94. The molecule has 2 N–H and O–H groups in total. The number of hydrogen-bond donors (Lipinski definition) is 2. The van der Waals surface area contributed by atoms with Crippen LogP contribution in [0.5, 0.6) is 5.75 Å². The quantitative estimate of drug-likeness (QED) is 0.457. The Balaban J connectivity index is 1.86. The Morgan fingerprint density at radius 3 is 2.34 bits per heavy atom. The van der Waals surface area contributed by atoms with Gasteiger partial charge in [-0.25, -0.2) is 4.39 Å². The van der Waals surface area contributed by atoms with Gasteiger partial charge < -0.3 is 24.5 Å². The zero-order valence-electron chi connectivity index (χ0n) is 21.8. The molecule has 0 bridgehead atoms. The molecule has 0 saturated carbocycles. The van der Waals surface area contributed by atoms with E-state index < -0.39 is 23.2 Å². The van der Waals surface area contributed by atoms with E-state index in [0.29, 0.717) is 45.7 Å². The van der Waals surface area contributed by atoms with Gasteiger partial charge in [0.25, 0.3) is 11.5 Å². The van der Waals surface area contributed by atoms with Crippen LogP contribution in [0.1, 0.15) is 41.0 Å². The van der Waals surface area contributed by atoms with Gasteiger partial charge in [0.1, 0.15) is 34.1 Å². The Kier molecular flexibility index (Phi) is 6.67. The van der Waals surface area contributed by atoms with Gasteiger partial charge in [0.15, 0.2) is 0 Å². The van der Waals surface area contributed by atoms with Crippen molar-refractivity contribution >= 4 is 22.4 Å². The minimum absolute atomic E-state index is 0.0632. The molecule has 7 nitrogen and oxygen atoms in total. The van der Waals surface area contributed by atoms with Gasteiger partial charge in [-0.15, -0.1) is 0 Å². The zero-order valence-corrected chi connectivity index (χ0v) is 21.8. The lowest BCUT2D eigenvalue weighted by molar-refractivity contribution is -0.182. The van der Waals surface area contributed by atoms with Gasteiger partial charge in [0, 0.05) is 36.8 Å². The van der Waals surface area contributed by atoms with E-state index in [1.165, 1.54) is 29.8 Å². The van der Waals surface area contributed by atoms with Gasteiger partial charge in [-0.2, -0.15) is 13.2 Å². The van der Waals surface area contributed by atoms with Crippen LogP contribution in [0.15, 0.2) is 47.2 Å². The van der Waals surface area contributed by atoms with Crippen molar-refractivity contribution in [3.8, 4) is 5.75 Å². The third-order valence-electron chi connectivity index (χ3n) is 6.47. The maximum absolute atomic E-state index is 13.9. The smallest absolute Gasteiger partial charge is 0.410 e. The molecule has 0 spiro atoms. The summed E-state index contributed by atoms with van der Waals surface area (Å²) in [4.78, 5) is 30.3. The second-order valence-electron chi connectivity index (χ2n) is 10.0. The Bertz CT molecular complexity index is 1540. The third-order valence-corrected chi connectivity index (χ3v) is 6.47. The molecule has 0 radical (unpaired) electrons. The van der Waals surface area contributed by atoms with Crippen LogP contribution >= 0.6 is 0 Å². The van der Waals surface area contributed by atoms with Crippen LogP contribution in [0.2, 0.25) is 0 Å². The Labute approximate surface area is 216 Å². The molecule has 4 rings (SSSR count). The molecule has 1 aliphatic heterocycles. The molecule has 0 fully saturated rings. The first-order chi connectivity index (χ1) is 17.6. The summed E-state index contributed by atoms with van der Waals surface area (Å²) in [6.45, 7) is 5.53. The first-order valence-electron chi connectivity index (χ1n) is 11.8. The molecule has 11 heteroatoms. The van der Waals surface area contributed by atoms with E-state index in [1.807, 2.05) is 23.5 Å². The van der Waals surface area contributed by atoms with Crippen molar-refractivity contribution in [1.82, 2.24) is 19.8 Å². The van der Waals surface area contributed by atoms with Crippen LogP contribution in [-0.4, -0.2) is 45.7 Å². The number of carbonyl (C=O) groups is 1. The Morgan fingerprint density at radius 1 is 1.11 bits per heavy atom. The summed E-state index contributed by atoms with van der Waals surface area (Å²) in [5, 5.41) is 2.33. The second kappa shape index (κ2) is 9.38. The summed E-state index contributed by atoms with van der Waals surface area (Å²) >= 11 is 0. The number of carbonyl (C=O) groups excluding carboxylic acids is 1. The largest absolute Gasteiger partial charge is 0.459 e. The molecule has 38 heavy (non-hydrogen) atoms. The molecule has 202 valence electrons. The van der Waals surface area contributed by atoms with E-state index in [4.69, 9.17) is 4.74 Å². The number of aromatic amines is 1. The lowest BCUT2D eigenvalue weighted by Crippen LogP contribution is -2.54. The molecular formula is C27H28F4N4O3. The number of hydrogen-bond acceptors (Lipinski definition) is 4. The number of amides is 1. The first kappa shape index (κ1) is 27.0. The number of pyridine rings is 1. The van der Waals surface area contributed by atoms with Crippen LogP contribution < -0.4 is 15.6 Å². The van der Waals surface area contributed by atoms with Gasteiger partial charge in [0.2, 0.25) is 0 Å². The maximum atomic E-state index is 13.9. The number of halogens is 4. The van der Waals surface area contributed by atoms with Crippen molar-refractivity contribution < 1.29 is 27.1 Å². The lowest BCUT2D eigenvalue weighted by atomic mass is 10.00. The molecule has 1 aliphatic rings. The molecule has 0 unspecified atom stereocenters. The van der Waals surface area contributed by atoms with Crippen LogP contribution in [0.25, 0.3) is 16.5 Å². The maximum Gasteiger partial charge on any atom is 0.410 e. The van der Waals surface area contributed by atoms with Crippen LogP contribution in [0.3, 0.4) is 0 Å². The van der Waals surface area contributed by atoms with E-state index >= 15 is 0 Å². The summed E-state index contributed by atoms with van der Waals surface area (Å²) in [6, 6.07) is 4.10. The normalized spacial score (nSPS) is 14.4.